The van der Waals surface area contributed by atoms with Gasteiger partial charge in [0.2, 0.25) is 5.91 Å². The molecular weight excluding hydrogens is 270 g/mol. The lowest BCUT2D eigenvalue weighted by atomic mass is 10.1. The van der Waals surface area contributed by atoms with Crippen LogP contribution in [0.15, 0.2) is 29.2 Å². The highest BCUT2D eigenvalue weighted by Crippen LogP contribution is 2.20. The van der Waals surface area contributed by atoms with Crippen LogP contribution in [0.25, 0.3) is 0 Å². The predicted octanol–water partition coefficient (Wildman–Crippen LogP) is 3.11. The Morgan fingerprint density at radius 3 is 2.70 bits per heavy atom. The Kier molecular flexibility index (Phi) is 6.40. The van der Waals surface area contributed by atoms with Gasteiger partial charge in [-0.15, -0.1) is 11.8 Å². The number of carbonyl (C=O) groups is 1. The van der Waals surface area contributed by atoms with Crippen molar-refractivity contribution in [3.05, 3.63) is 29.8 Å². The summed E-state index contributed by atoms with van der Waals surface area (Å²) < 4.78 is 0. The number of amides is 1. The Bertz CT molecular complexity index is 428. The van der Waals surface area contributed by atoms with Gasteiger partial charge in [-0.3, -0.25) is 4.79 Å². The van der Waals surface area contributed by atoms with Gasteiger partial charge in [0.05, 0.1) is 12.4 Å². The minimum atomic E-state index is 0.0443. The van der Waals surface area contributed by atoms with E-state index in [0.29, 0.717) is 11.8 Å². The van der Waals surface area contributed by atoms with E-state index in [0.717, 1.165) is 23.3 Å². The molecule has 0 atom stereocenters. The van der Waals surface area contributed by atoms with Gasteiger partial charge in [0.25, 0.3) is 0 Å². The van der Waals surface area contributed by atoms with Crippen molar-refractivity contribution < 1.29 is 9.90 Å². The number of hydrogen-bond donors (Lipinski definition) is 2. The fraction of sp³-hybridized carbons (Fsp3) is 0.562. The molecule has 0 unspecified atom stereocenters. The first kappa shape index (κ1) is 15.4. The van der Waals surface area contributed by atoms with Gasteiger partial charge in [0, 0.05) is 10.9 Å². The number of hydrogen-bond acceptors (Lipinski definition) is 3. The molecule has 0 saturated heterocycles. The van der Waals surface area contributed by atoms with Crippen molar-refractivity contribution in [3.8, 4) is 0 Å². The second-order valence-electron chi connectivity index (χ2n) is 5.35. The summed E-state index contributed by atoms with van der Waals surface area (Å²) in [7, 11) is 0. The van der Waals surface area contributed by atoms with Gasteiger partial charge >= 0.3 is 0 Å². The zero-order chi connectivity index (χ0) is 14.2. The maximum Gasteiger partial charge on any atom is 0.230 e. The molecule has 2 rings (SSSR count). The molecule has 0 heterocycles. The van der Waals surface area contributed by atoms with Crippen molar-refractivity contribution in [1.29, 1.82) is 0 Å². The highest BCUT2D eigenvalue weighted by atomic mass is 32.2. The molecule has 0 aromatic heterocycles. The Hall–Kier alpha value is -1.00. The number of rotatable bonds is 5. The normalized spacial score (nSPS) is 16.6. The molecule has 0 bridgehead atoms. The molecule has 20 heavy (non-hydrogen) atoms. The molecule has 0 aliphatic heterocycles. The van der Waals surface area contributed by atoms with Gasteiger partial charge in [-0.25, -0.2) is 0 Å². The fourth-order valence-corrected chi connectivity index (χ4v) is 3.37. The quantitative estimate of drug-likeness (QED) is 0.648. The van der Waals surface area contributed by atoms with Crippen molar-refractivity contribution in [2.75, 3.05) is 5.75 Å². The van der Waals surface area contributed by atoms with E-state index in [1.165, 1.54) is 37.4 Å². The zero-order valence-electron chi connectivity index (χ0n) is 11.8. The molecule has 0 radical (unpaired) electrons. The van der Waals surface area contributed by atoms with Crippen LogP contribution < -0.4 is 5.32 Å². The molecule has 4 heteroatoms. The molecule has 0 spiro atoms. The average molecular weight is 293 g/mol. The zero-order valence-corrected chi connectivity index (χ0v) is 12.6. The van der Waals surface area contributed by atoms with Crippen molar-refractivity contribution in [3.63, 3.8) is 0 Å². The van der Waals surface area contributed by atoms with Gasteiger partial charge in [-0.2, -0.15) is 0 Å². The first-order valence-corrected chi connectivity index (χ1v) is 8.38. The smallest absolute Gasteiger partial charge is 0.230 e. The standard InChI is InChI=1S/C16H23NO2S/c18-11-13-6-5-9-15(10-13)20-12-16(19)17-14-7-3-1-2-4-8-14/h5-6,9-10,14,18H,1-4,7-8,11-12H2,(H,17,19). The van der Waals surface area contributed by atoms with Crippen molar-refractivity contribution in [1.82, 2.24) is 5.32 Å². The van der Waals surface area contributed by atoms with Crippen LogP contribution in [0, 0.1) is 0 Å². The summed E-state index contributed by atoms with van der Waals surface area (Å²) in [5.41, 5.74) is 0.888. The summed E-state index contributed by atoms with van der Waals surface area (Å²) in [5, 5.41) is 12.2. The Morgan fingerprint density at radius 1 is 1.25 bits per heavy atom. The Labute approximate surface area is 125 Å². The van der Waals surface area contributed by atoms with E-state index in [1.807, 2.05) is 24.3 Å². The summed E-state index contributed by atoms with van der Waals surface area (Å²) >= 11 is 1.53. The lowest BCUT2D eigenvalue weighted by molar-refractivity contribution is -0.119. The first-order valence-electron chi connectivity index (χ1n) is 7.40. The lowest BCUT2D eigenvalue weighted by Crippen LogP contribution is -2.35. The van der Waals surface area contributed by atoms with Crippen LogP contribution in [0.3, 0.4) is 0 Å². The number of benzene rings is 1. The third-order valence-electron chi connectivity index (χ3n) is 3.67. The van der Waals surface area contributed by atoms with Gasteiger partial charge in [-0.1, -0.05) is 37.8 Å². The summed E-state index contributed by atoms with van der Waals surface area (Å²) in [6.07, 6.45) is 7.31. The molecule has 1 fully saturated rings. The van der Waals surface area contributed by atoms with Crippen molar-refractivity contribution in [2.45, 2.75) is 56.1 Å². The van der Waals surface area contributed by atoms with Crippen LogP contribution in [0.1, 0.15) is 44.1 Å². The first-order chi connectivity index (χ1) is 9.78. The van der Waals surface area contributed by atoms with Crippen LogP contribution in [0.5, 0.6) is 0 Å². The van der Waals surface area contributed by atoms with E-state index in [2.05, 4.69) is 5.32 Å². The molecule has 1 aliphatic carbocycles. The van der Waals surface area contributed by atoms with Crippen LogP contribution in [-0.4, -0.2) is 22.8 Å². The molecule has 1 aromatic rings. The summed E-state index contributed by atoms with van der Waals surface area (Å²) in [4.78, 5) is 13.0. The van der Waals surface area contributed by atoms with E-state index >= 15 is 0 Å². The fourth-order valence-electron chi connectivity index (χ4n) is 2.58. The maximum atomic E-state index is 12.0. The molecular formula is C16H23NO2S. The molecule has 1 saturated carbocycles. The minimum Gasteiger partial charge on any atom is -0.392 e. The third kappa shape index (κ3) is 5.17. The average Bonchev–Trinajstić information content (AvgIpc) is 2.74. The third-order valence-corrected chi connectivity index (χ3v) is 4.67. The highest BCUT2D eigenvalue weighted by molar-refractivity contribution is 8.00. The van der Waals surface area contributed by atoms with Gasteiger partial charge < -0.3 is 10.4 Å². The number of aliphatic hydroxyl groups is 1. The SMILES string of the molecule is O=C(CSc1cccc(CO)c1)NC1CCCCCC1. The van der Waals surface area contributed by atoms with E-state index in [4.69, 9.17) is 5.11 Å². The number of nitrogens with one attached hydrogen (secondary N) is 1. The lowest BCUT2D eigenvalue weighted by Gasteiger charge is -2.16. The maximum absolute atomic E-state index is 12.0. The van der Waals surface area contributed by atoms with Crippen molar-refractivity contribution in [2.24, 2.45) is 0 Å². The van der Waals surface area contributed by atoms with E-state index in [1.54, 1.807) is 0 Å². The van der Waals surface area contributed by atoms with Crippen molar-refractivity contribution >= 4 is 17.7 Å². The second-order valence-corrected chi connectivity index (χ2v) is 6.40. The van der Waals surface area contributed by atoms with E-state index in [9.17, 15) is 4.79 Å². The number of aliphatic hydroxyl groups excluding tert-OH is 1. The molecule has 1 amide bonds. The van der Waals surface area contributed by atoms with E-state index < -0.39 is 0 Å². The van der Waals surface area contributed by atoms with Gasteiger partial charge in [0.15, 0.2) is 0 Å². The monoisotopic (exact) mass is 293 g/mol. The molecule has 1 aliphatic rings. The summed E-state index contributed by atoms with van der Waals surface area (Å²) in [5.74, 6) is 0.571. The predicted molar refractivity (Wildman–Crippen MR) is 82.7 cm³/mol. The molecule has 110 valence electrons. The van der Waals surface area contributed by atoms with Gasteiger partial charge in [0.1, 0.15) is 0 Å². The molecule has 3 nitrogen and oxygen atoms in total. The van der Waals surface area contributed by atoms with E-state index in [-0.39, 0.29) is 12.5 Å². The number of carbonyl (C=O) groups excluding carboxylic acids is 1. The van der Waals surface area contributed by atoms with Crippen LogP contribution in [0.2, 0.25) is 0 Å². The number of thioether (sulfide) groups is 1. The summed E-state index contributed by atoms with van der Waals surface area (Å²) in [6, 6.07) is 8.08. The Balaban J connectivity index is 1.76. The van der Waals surface area contributed by atoms with Crippen LogP contribution >= 0.6 is 11.8 Å². The van der Waals surface area contributed by atoms with Crippen LogP contribution in [0.4, 0.5) is 0 Å². The molecule has 1 aromatic carbocycles. The van der Waals surface area contributed by atoms with Crippen LogP contribution in [-0.2, 0) is 11.4 Å². The topological polar surface area (TPSA) is 49.3 Å². The summed E-state index contributed by atoms with van der Waals surface area (Å²) in [6.45, 7) is 0.0443. The Morgan fingerprint density at radius 2 is 2.00 bits per heavy atom. The molecule has 2 N–H and O–H groups in total. The van der Waals surface area contributed by atoms with Gasteiger partial charge in [-0.05, 0) is 30.5 Å². The highest BCUT2D eigenvalue weighted by Gasteiger charge is 2.14. The second kappa shape index (κ2) is 8.32. The largest absolute Gasteiger partial charge is 0.392 e. The minimum absolute atomic E-state index is 0.0443.